The van der Waals surface area contributed by atoms with Crippen LogP contribution in [0.5, 0.6) is 5.75 Å². The highest BCUT2D eigenvalue weighted by Crippen LogP contribution is 2.29. The van der Waals surface area contributed by atoms with Crippen LogP contribution in [0.3, 0.4) is 0 Å². The van der Waals surface area contributed by atoms with Crippen LogP contribution in [0.1, 0.15) is 33.0 Å². The number of nitrogens with zero attached hydrogens (tertiary/aromatic N) is 1. The van der Waals surface area contributed by atoms with Crippen molar-refractivity contribution in [3.05, 3.63) is 45.4 Å². The van der Waals surface area contributed by atoms with Crippen LogP contribution in [-0.2, 0) is 6.54 Å². The van der Waals surface area contributed by atoms with Crippen LogP contribution >= 0.6 is 11.3 Å². The van der Waals surface area contributed by atoms with Gasteiger partial charge in [0, 0.05) is 24.5 Å². The first-order valence-electron chi connectivity index (χ1n) is 8.62. The van der Waals surface area contributed by atoms with Crippen LogP contribution in [0, 0.1) is 12.7 Å². The third-order valence-electron chi connectivity index (χ3n) is 4.52. The van der Waals surface area contributed by atoms with E-state index in [0.717, 1.165) is 4.88 Å². The zero-order chi connectivity index (χ0) is 18.7. The van der Waals surface area contributed by atoms with Crippen molar-refractivity contribution in [1.29, 1.82) is 0 Å². The van der Waals surface area contributed by atoms with Crippen molar-refractivity contribution in [2.75, 3.05) is 25.1 Å². The van der Waals surface area contributed by atoms with Gasteiger partial charge in [0.2, 0.25) is 0 Å². The second kappa shape index (κ2) is 8.05. The maximum Gasteiger partial charge on any atom is 0.265 e. The number of piperidine rings is 1. The van der Waals surface area contributed by atoms with Crippen molar-refractivity contribution >= 4 is 22.9 Å². The molecule has 5 nitrogen and oxygen atoms in total. The first-order valence-corrected chi connectivity index (χ1v) is 9.43. The number of carbonyl (C=O) groups excluding carboxylic acids is 1. The summed E-state index contributed by atoms with van der Waals surface area (Å²) in [5.74, 6) is 0.0194. The Morgan fingerprint density at radius 2 is 2.12 bits per heavy atom. The van der Waals surface area contributed by atoms with Gasteiger partial charge < -0.3 is 20.1 Å². The number of aryl methyl sites for hydroxylation is 1. The fourth-order valence-electron chi connectivity index (χ4n) is 3.09. The molecule has 0 atom stereocenters. The number of thiophene rings is 1. The molecule has 1 aliphatic rings. The molecule has 1 aromatic carbocycles. The summed E-state index contributed by atoms with van der Waals surface area (Å²) in [5, 5.41) is 12.4. The number of methoxy groups -OCH3 is 1. The van der Waals surface area contributed by atoms with E-state index in [9.17, 15) is 14.3 Å². The molecule has 0 spiro atoms. The van der Waals surface area contributed by atoms with Gasteiger partial charge in [-0.25, -0.2) is 4.39 Å². The van der Waals surface area contributed by atoms with Crippen LogP contribution in [0.15, 0.2) is 24.3 Å². The van der Waals surface area contributed by atoms with E-state index in [0.29, 0.717) is 47.8 Å². The SMILES string of the molecule is COc1cc(C)sc1C(=O)NCc1ccc(N2CCC(O)CC2)c(F)c1. The Hall–Kier alpha value is -2.12. The van der Waals surface area contributed by atoms with Gasteiger partial charge in [0.25, 0.3) is 5.91 Å². The molecule has 1 fully saturated rings. The van der Waals surface area contributed by atoms with E-state index in [1.165, 1.54) is 24.5 Å². The third-order valence-corrected chi connectivity index (χ3v) is 5.55. The molecule has 2 aromatic rings. The highest BCUT2D eigenvalue weighted by Gasteiger charge is 2.20. The minimum absolute atomic E-state index is 0.227. The molecule has 7 heteroatoms. The lowest BCUT2D eigenvalue weighted by Gasteiger charge is -2.31. The van der Waals surface area contributed by atoms with Gasteiger partial charge in [0.05, 0.1) is 18.9 Å². The van der Waals surface area contributed by atoms with Crippen molar-refractivity contribution in [1.82, 2.24) is 5.32 Å². The molecule has 1 amide bonds. The Morgan fingerprint density at radius 1 is 1.38 bits per heavy atom. The van der Waals surface area contributed by atoms with Crippen molar-refractivity contribution in [3.8, 4) is 5.75 Å². The van der Waals surface area contributed by atoms with Gasteiger partial charge in [-0.1, -0.05) is 6.07 Å². The Morgan fingerprint density at radius 3 is 2.77 bits per heavy atom. The molecule has 2 heterocycles. The van der Waals surface area contributed by atoms with Gasteiger partial charge in [-0.2, -0.15) is 0 Å². The molecule has 1 aromatic heterocycles. The second-order valence-corrected chi connectivity index (χ2v) is 7.70. The standard InChI is InChI=1S/C19H23FN2O3S/c1-12-9-17(25-2)18(26-12)19(24)21-11-13-3-4-16(15(20)10-13)22-7-5-14(23)6-8-22/h3-4,9-10,14,23H,5-8,11H2,1-2H3,(H,21,24). The van der Waals surface area contributed by atoms with Crippen LogP contribution in [-0.4, -0.2) is 37.3 Å². The van der Waals surface area contributed by atoms with E-state index in [1.54, 1.807) is 6.07 Å². The Balaban J connectivity index is 1.63. The van der Waals surface area contributed by atoms with Crippen LogP contribution in [0.4, 0.5) is 10.1 Å². The van der Waals surface area contributed by atoms with Crippen molar-refractivity contribution in [2.24, 2.45) is 0 Å². The van der Waals surface area contributed by atoms with E-state index in [1.807, 2.05) is 24.0 Å². The zero-order valence-electron chi connectivity index (χ0n) is 14.9. The summed E-state index contributed by atoms with van der Waals surface area (Å²) in [5.41, 5.74) is 1.24. The molecule has 0 bridgehead atoms. The van der Waals surface area contributed by atoms with Crippen molar-refractivity contribution in [2.45, 2.75) is 32.4 Å². The molecule has 3 rings (SSSR count). The molecule has 2 N–H and O–H groups in total. The zero-order valence-corrected chi connectivity index (χ0v) is 15.7. The quantitative estimate of drug-likeness (QED) is 0.839. The van der Waals surface area contributed by atoms with E-state index in [-0.39, 0.29) is 24.4 Å². The van der Waals surface area contributed by atoms with Crippen LogP contribution in [0.25, 0.3) is 0 Å². The molecule has 26 heavy (non-hydrogen) atoms. The van der Waals surface area contributed by atoms with Gasteiger partial charge in [-0.15, -0.1) is 11.3 Å². The van der Waals surface area contributed by atoms with E-state index in [4.69, 9.17) is 4.74 Å². The van der Waals surface area contributed by atoms with Gasteiger partial charge in [-0.3, -0.25) is 4.79 Å². The number of rotatable bonds is 5. The Labute approximate surface area is 156 Å². The minimum Gasteiger partial charge on any atom is -0.495 e. The molecule has 0 aliphatic carbocycles. The number of aliphatic hydroxyl groups is 1. The first-order chi connectivity index (χ1) is 12.5. The first kappa shape index (κ1) is 18.7. The lowest BCUT2D eigenvalue weighted by molar-refractivity contribution is 0.0952. The number of anilines is 1. The van der Waals surface area contributed by atoms with Crippen molar-refractivity contribution in [3.63, 3.8) is 0 Å². The van der Waals surface area contributed by atoms with Gasteiger partial charge in [0.15, 0.2) is 0 Å². The number of carbonyl (C=O) groups is 1. The van der Waals surface area contributed by atoms with E-state index in [2.05, 4.69) is 5.32 Å². The smallest absolute Gasteiger partial charge is 0.265 e. The molecule has 140 valence electrons. The predicted octanol–water partition coefficient (Wildman–Crippen LogP) is 3.10. The van der Waals surface area contributed by atoms with E-state index < -0.39 is 0 Å². The highest BCUT2D eigenvalue weighted by atomic mass is 32.1. The lowest BCUT2D eigenvalue weighted by Crippen LogP contribution is -2.36. The molecular weight excluding hydrogens is 355 g/mol. The number of ether oxygens (including phenoxy) is 1. The summed E-state index contributed by atoms with van der Waals surface area (Å²) in [6, 6.07) is 6.84. The van der Waals surface area contributed by atoms with Gasteiger partial charge in [0.1, 0.15) is 16.4 Å². The maximum atomic E-state index is 14.5. The molecule has 0 unspecified atom stereocenters. The number of nitrogens with one attached hydrogen (secondary N) is 1. The summed E-state index contributed by atoms with van der Waals surface area (Å²) >= 11 is 1.37. The van der Waals surface area contributed by atoms with Crippen LogP contribution in [0.2, 0.25) is 0 Å². The molecule has 1 aliphatic heterocycles. The fourth-order valence-corrected chi connectivity index (χ4v) is 3.98. The van der Waals surface area contributed by atoms with Gasteiger partial charge >= 0.3 is 0 Å². The average molecular weight is 378 g/mol. The molecule has 0 saturated carbocycles. The number of aliphatic hydroxyl groups excluding tert-OH is 1. The molecule has 1 saturated heterocycles. The van der Waals surface area contributed by atoms with Crippen LogP contribution < -0.4 is 15.0 Å². The topological polar surface area (TPSA) is 61.8 Å². The number of hydrogen-bond acceptors (Lipinski definition) is 5. The predicted molar refractivity (Wildman–Crippen MR) is 101 cm³/mol. The number of halogens is 1. The fraction of sp³-hybridized carbons (Fsp3) is 0.421. The number of benzene rings is 1. The summed E-state index contributed by atoms with van der Waals surface area (Å²) in [6.07, 6.45) is 1.01. The summed E-state index contributed by atoms with van der Waals surface area (Å²) in [7, 11) is 1.53. The summed E-state index contributed by atoms with van der Waals surface area (Å²) < 4.78 is 19.7. The number of hydrogen-bond donors (Lipinski definition) is 2. The van der Waals surface area contributed by atoms with Crippen molar-refractivity contribution < 1.29 is 19.0 Å². The third kappa shape index (κ3) is 4.16. The maximum absolute atomic E-state index is 14.5. The molecule has 0 radical (unpaired) electrons. The average Bonchev–Trinajstić information content (AvgIpc) is 3.02. The summed E-state index contributed by atoms with van der Waals surface area (Å²) in [4.78, 5) is 15.8. The highest BCUT2D eigenvalue weighted by molar-refractivity contribution is 7.14. The normalized spacial score (nSPS) is 15.2. The van der Waals surface area contributed by atoms with Gasteiger partial charge in [-0.05, 0) is 43.5 Å². The Bertz CT molecular complexity index is 785. The number of amides is 1. The monoisotopic (exact) mass is 378 g/mol. The van der Waals surface area contributed by atoms with E-state index >= 15 is 0 Å². The Kier molecular flexibility index (Phi) is 5.78. The minimum atomic E-state index is -0.308. The lowest BCUT2D eigenvalue weighted by atomic mass is 10.1. The second-order valence-electron chi connectivity index (χ2n) is 6.44. The largest absolute Gasteiger partial charge is 0.495 e. The molecular formula is C19H23FN2O3S. The summed E-state index contributed by atoms with van der Waals surface area (Å²) in [6.45, 7) is 3.45.